The van der Waals surface area contributed by atoms with Crippen molar-refractivity contribution in [2.45, 2.75) is 33.1 Å². The molecule has 2 aromatic heterocycles. The molecule has 0 saturated carbocycles. The van der Waals surface area contributed by atoms with Gasteiger partial charge in [0.25, 0.3) is 0 Å². The van der Waals surface area contributed by atoms with Crippen LogP contribution in [0.25, 0.3) is 11.3 Å². The fourth-order valence-corrected chi connectivity index (χ4v) is 3.15. The van der Waals surface area contributed by atoms with Gasteiger partial charge in [0, 0.05) is 24.5 Å². The number of aryl methyl sites for hydroxylation is 2. The van der Waals surface area contributed by atoms with Gasteiger partial charge in [0.1, 0.15) is 0 Å². The summed E-state index contributed by atoms with van der Waals surface area (Å²) < 4.78 is 1.91. The van der Waals surface area contributed by atoms with E-state index in [1.807, 2.05) is 31.0 Å². The highest BCUT2D eigenvalue weighted by Crippen LogP contribution is 2.25. The van der Waals surface area contributed by atoms with Gasteiger partial charge in [-0.25, -0.2) is 4.98 Å². The number of nitrogens with zero attached hydrogens (tertiary/aromatic N) is 4. The van der Waals surface area contributed by atoms with E-state index in [0.29, 0.717) is 0 Å². The van der Waals surface area contributed by atoms with Gasteiger partial charge in [0.15, 0.2) is 0 Å². The van der Waals surface area contributed by atoms with Crippen LogP contribution in [0.4, 0.5) is 0 Å². The molecular formula is C16H23N5. The van der Waals surface area contributed by atoms with Crippen LogP contribution in [0.3, 0.4) is 0 Å². The Morgan fingerprint density at radius 2 is 2.00 bits per heavy atom. The van der Waals surface area contributed by atoms with Gasteiger partial charge in [-0.15, -0.1) is 0 Å². The SMILES string of the molecule is Cc1nn(C)c(C)c1-c1cncc(CC2CCNCC2)n1. The van der Waals surface area contributed by atoms with Crippen molar-refractivity contribution in [2.24, 2.45) is 13.0 Å². The van der Waals surface area contributed by atoms with Crippen molar-refractivity contribution >= 4 is 0 Å². The quantitative estimate of drug-likeness (QED) is 0.937. The van der Waals surface area contributed by atoms with Gasteiger partial charge >= 0.3 is 0 Å². The number of hydrogen-bond acceptors (Lipinski definition) is 4. The molecule has 1 saturated heterocycles. The molecule has 1 fully saturated rings. The molecule has 0 aliphatic carbocycles. The Morgan fingerprint density at radius 1 is 1.24 bits per heavy atom. The smallest absolute Gasteiger partial charge is 0.0925 e. The third-order valence-corrected chi connectivity index (χ3v) is 4.41. The van der Waals surface area contributed by atoms with Crippen molar-refractivity contribution in [2.75, 3.05) is 13.1 Å². The molecule has 1 aliphatic rings. The molecule has 0 amide bonds. The summed E-state index contributed by atoms with van der Waals surface area (Å²) in [5, 5.41) is 7.88. The molecule has 3 rings (SSSR count). The first-order chi connectivity index (χ1) is 10.1. The molecule has 0 aromatic carbocycles. The molecule has 5 nitrogen and oxygen atoms in total. The van der Waals surface area contributed by atoms with Crippen LogP contribution in [0.5, 0.6) is 0 Å². The van der Waals surface area contributed by atoms with Crippen molar-refractivity contribution in [3.63, 3.8) is 0 Å². The highest BCUT2D eigenvalue weighted by molar-refractivity contribution is 5.64. The number of rotatable bonds is 3. The first-order valence-corrected chi connectivity index (χ1v) is 7.67. The second kappa shape index (κ2) is 5.93. The summed E-state index contributed by atoms with van der Waals surface area (Å²) in [4.78, 5) is 9.24. The summed E-state index contributed by atoms with van der Waals surface area (Å²) in [6, 6.07) is 0. The highest BCUT2D eigenvalue weighted by atomic mass is 15.3. The standard InChI is InChI=1S/C16H23N5/c1-11-16(12(2)21(3)20-11)15-10-18-9-14(19-15)8-13-4-6-17-7-5-13/h9-10,13,17H,4-8H2,1-3H3. The van der Waals surface area contributed by atoms with Gasteiger partial charge in [-0.05, 0) is 52.1 Å². The zero-order valence-electron chi connectivity index (χ0n) is 13.1. The van der Waals surface area contributed by atoms with Crippen molar-refractivity contribution in [1.29, 1.82) is 0 Å². The Balaban J connectivity index is 1.85. The van der Waals surface area contributed by atoms with E-state index in [1.54, 1.807) is 0 Å². The predicted molar refractivity (Wildman–Crippen MR) is 83.0 cm³/mol. The highest BCUT2D eigenvalue weighted by Gasteiger charge is 2.17. The zero-order chi connectivity index (χ0) is 14.8. The van der Waals surface area contributed by atoms with Gasteiger partial charge in [-0.3, -0.25) is 9.67 Å². The van der Waals surface area contributed by atoms with Gasteiger partial charge < -0.3 is 5.32 Å². The van der Waals surface area contributed by atoms with E-state index in [4.69, 9.17) is 4.98 Å². The number of hydrogen-bond donors (Lipinski definition) is 1. The minimum atomic E-state index is 0.729. The van der Waals surface area contributed by atoms with Gasteiger partial charge in [-0.2, -0.15) is 5.10 Å². The van der Waals surface area contributed by atoms with Crippen LogP contribution in [0.1, 0.15) is 29.9 Å². The molecule has 2 aromatic rings. The van der Waals surface area contributed by atoms with E-state index in [0.717, 1.165) is 53.8 Å². The average Bonchev–Trinajstić information content (AvgIpc) is 2.73. The average molecular weight is 285 g/mol. The summed E-state index contributed by atoms with van der Waals surface area (Å²) in [7, 11) is 1.97. The maximum absolute atomic E-state index is 4.84. The van der Waals surface area contributed by atoms with E-state index < -0.39 is 0 Å². The third-order valence-electron chi connectivity index (χ3n) is 4.41. The van der Waals surface area contributed by atoms with Crippen LogP contribution in [0.15, 0.2) is 12.4 Å². The van der Waals surface area contributed by atoms with Gasteiger partial charge in [-0.1, -0.05) is 0 Å². The summed E-state index contributed by atoms with van der Waals surface area (Å²) in [6.45, 7) is 6.36. The molecular weight excluding hydrogens is 262 g/mol. The fourth-order valence-electron chi connectivity index (χ4n) is 3.15. The molecule has 3 heterocycles. The monoisotopic (exact) mass is 285 g/mol. The molecule has 0 radical (unpaired) electrons. The molecule has 5 heteroatoms. The maximum Gasteiger partial charge on any atom is 0.0925 e. The van der Waals surface area contributed by atoms with Crippen LogP contribution in [-0.2, 0) is 13.5 Å². The van der Waals surface area contributed by atoms with Crippen molar-refractivity contribution < 1.29 is 0 Å². The lowest BCUT2D eigenvalue weighted by Crippen LogP contribution is -2.28. The Morgan fingerprint density at radius 3 is 2.67 bits per heavy atom. The van der Waals surface area contributed by atoms with Crippen LogP contribution < -0.4 is 5.32 Å². The fraction of sp³-hybridized carbons (Fsp3) is 0.562. The first kappa shape index (κ1) is 14.2. The van der Waals surface area contributed by atoms with Crippen LogP contribution in [0.2, 0.25) is 0 Å². The second-order valence-corrected chi connectivity index (χ2v) is 5.96. The van der Waals surface area contributed by atoms with Crippen molar-refractivity contribution in [3.05, 3.63) is 29.5 Å². The number of piperidine rings is 1. The number of nitrogens with one attached hydrogen (secondary N) is 1. The molecule has 0 spiro atoms. The maximum atomic E-state index is 4.84. The Hall–Kier alpha value is -1.75. The van der Waals surface area contributed by atoms with E-state index in [9.17, 15) is 0 Å². The van der Waals surface area contributed by atoms with E-state index in [2.05, 4.69) is 22.3 Å². The summed E-state index contributed by atoms with van der Waals surface area (Å²) >= 11 is 0. The lowest BCUT2D eigenvalue weighted by Gasteiger charge is -2.22. The van der Waals surface area contributed by atoms with Crippen molar-refractivity contribution in [3.8, 4) is 11.3 Å². The molecule has 0 bridgehead atoms. The second-order valence-electron chi connectivity index (χ2n) is 5.96. The van der Waals surface area contributed by atoms with Crippen LogP contribution >= 0.6 is 0 Å². The molecule has 112 valence electrons. The normalized spacial score (nSPS) is 16.3. The zero-order valence-corrected chi connectivity index (χ0v) is 13.1. The molecule has 1 aliphatic heterocycles. The summed E-state index contributed by atoms with van der Waals surface area (Å²) in [6.07, 6.45) is 7.25. The Labute approximate surface area is 125 Å². The van der Waals surface area contributed by atoms with Gasteiger partial charge in [0.05, 0.1) is 23.3 Å². The van der Waals surface area contributed by atoms with E-state index >= 15 is 0 Å². The molecule has 0 unspecified atom stereocenters. The first-order valence-electron chi connectivity index (χ1n) is 7.67. The molecule has 21 heavy (non-hydrogen) atoms. The minimum absolute atomic E-state index is 0.729. The van der Waals surface area contributed by atoms with E-state index in [1.165, 1.54) is 12.8 Å². The molecule has 1 N–H and O–H groups in total. The largest absolute Gasteiger partial charge is 0.317 e. The molecule has 0 atom stereocenters. The lowest BCUT2D eigenvalue weighted by atomic mass is 9.93. The van der Waals surface area contributed by atoms with Crippen LogP contribution in [0, 0.1) is 19.8 Å². The number of aromatic nitrogens is 4. The van der Waals surface area contributed by atoms with Crippen molar-refractivity contribution in [1.82, 2.24) is 25.1 Å². The Kier molecular flexibility index (Phi) is 4.01. The summed E-state index contributed by atoms with van der Waals surface area (Å²) in [5.41, 5.74) is 5.33. The van der Waals surface area contributed by atoms with E-state index in [-0.39, 0.29) is 0 Å². The predicted octanol–water partition coefficient (Wildman–Crippen LogP) is 2.04. The van der Waals surface area contributed by atoms with Gasteiger partial charge in [0.2, 0.25) is 0 Å². The van der Waals surface area contributed by atoms with Crippen LogP contribution in [-0.4, -0.2) is 32.8 Å². The minimum Gasteiger partial charge on any atom is -0.317 e. The Bertz CT molecular complexity index is 626. The lowest BCUT2D eigenvalue weighted by molar-refractivity contribution is 0.370. The third kappa shape index (κ3) is 2.97. The summed E-state index contributed by atoms with van der Waals surface area (Å²) in [5.74, 6) is 0.729. The topological polar surface area (TPSA) is 55.6 Å².